The molecule has 2 N–H and O–H groups in total. The number of benzene rings is 2. The summed E-state index contributed by atoms with van der Waals surface area (Å²) in [5.74, 6) is 1.48. The lowest BCUT2D eigenvalue weighted by Crippen LogP contribution is -2.55. The normalized spacial score (nSPS) is 26.2. The molecule has 5 heteroatoms. The highest BCUT2D eigenvalue weighted by molar-refractivity contribution is 5.79. The van der Waals surface area contributed by atoms with Gasteiger partial charge in [0, 0.05) is 0 Å². The highest BCUT2D eigenvalue weighted by Gasteiger charge is 2.39. The molecule has 3 atom stereocenters. The predicted octanol–water partition coefficient (Wildman–Crippen LogP) is 2.36. The van der Waals surface area contributed by atoms with Crippen molar-refractivity contribution in [2.75, 3.05) is 18.1 Å². The lowest BCUT2D eigenvalue weighted by Gasteiger charge is -2.43. The first-order valence-electron chi connectivity index (χ1n) is 7.76. The van der Waals surface area contributed by atoms with Gasteiger partial charge in [-0.1, -0.05) is 18.2 Å². The van der Waals surface area contributed by atoms with Gasteiger partial charge in [0.1, 0.15) is 12.2 Å². The molecule has 0 amide bonds. The second-order valence-electron chi connectivity index (χ2n) is 6.07. The number of hydrogen-bond acceptors (Lipinski definition) is 5. The van der Waals surface area contributed by atoms with Crippen LogP contribution in [0.2, 0.25) is 0 Å². The smallest absolute Gasteiger partial charge is 0.151 e. The van der Waals surface area contributed by atoms with Crippen LogP contribution in [0.15, 0.2) is 42.5 Å². The third-order valence-corrected chi connectivity index (χ3v) is 4.42. The van der Waals surface area contributed by atoms with E-state index >= 15 is 0 Å². The highest BCUT2D eigenvalue weighted by Crippen LogP contribution is 2.48. The molecule has 5 nitrogen and oxygen atoms in total. The Morgan fingerprint density at radius 1 is 1.00 bits per heavy atom. The molecule has 0 radical (unpaired) electrons. The average molecular weight is 313 g/mol. The molecular weight excluding hydrogens is 294 g/mol. The third kappa shape index (κ3) is 2.37. The van der Waals surface area contributed by atoms with Gasteiger partial charge in [-0.05, 0) is 36.8 Å². The summed E-state index contributed by atoms with van der Waals surface area (Å²) in [4.78, 5) is 2.01. The highest BCUT2D eigenvalue weighted by atomic mass is 16.5. The molecule has 1 fully saturated rings. The van der Waals surface area contributed by atoms with E-state index < -0.39 is 12.2 Å². The van der Waals surface area contributed by atoms with E-state index in [0.29, 0.717) is 6.61 Å². The topological polar surface area (TPSA) is 62.2 Å². The second-order valence-corrected chi connectivity index (χ2v) is 6.07. The van der Waals surface area contributed by atoms with Crippen molar-refractivity contribution in [1.29, 1.82) is 0 Å². The van der Waals surface area contributed by atoms with Crippen molar-refractivity contribution in [3.05, 3.63) is 48.0 Å². The number of hydrogen-bond donors (Lipinski definition) is 2. The lowest BCUT2D eigenvalue weighted by atomic mass is 9.99. The Bertz CT molecular complexity index is 733. The Morgan fingerprint density at radius 2 is 1.78 bits per heavy atom. The summed E-state index contributed by atoms with van der Waals surface area (Å²) < 4.78 is 11.5. The van der Waals surface area contributed by atoms with E-state index in [0.717, 1.165) is 28.4 Å². The van der Waals surface area contributed by atoms with Crippen LogP contribution in [0.1, 0.15) is 5.56 Å². The van der Waals surface area contributed by atoms with E-state index in [-0.39, 0.29) is 12.6 Å². The Morgan fingerprint density at radius 3 is 2.65 bits per heavy atom. The molecule has 2 aliphatic rings. The third-order valence-electron chi connectivity index (χ3n) is 4.42. The van der Waals surface area contributed by atoms with Crippen molar-refractivity contribution in [2.24, 2.45) is 0 Å². The first-order chi connectivity index (χ1) is 11.1. The van der Waals surface area contributed by atoms with Crippen LogP contribution in [0.3, 0.4) is 0 Å². The summed E-state index contributed by atoms with van der Waals surface area (Å²) in [5, 5.41) is 20.5. The number of fused-ring (bicyclic) bond motifs is 2. The van der Waals surface area contributed by atoms with Gasteiger partial charge in [0.15, 0.2) is 11.5 Å². The summed E-state index contributed by atoms with van der Waals surface area (Å²) in [7, 11) is 0. The first kappa shape index (κ1) is 14.5. The van der Waals surface area contributed by atoms with Crippen LogP contribution >= 0.6 is 0 Å². The molecule has 2 aromatic rings. The zero-order valence-corrected chi connectivity index (χ0v) is 12.8. The van der Waals surface area contributed by atoms with Crippen molar-refractivity contribution in [3.63, 3.8) is 0 Å². The zero-order valence-electron chi connectivity index (χ0n) is 12.8. The Kier molecular flexibility index (Phi) is 3.49. The maximum Gasteiger partial charge on any atom is 0.151 e. The number of anilines is 2. The molecule has 120 valence electrons. The van der Waals surface area contributed by atoms with Crippen molar-refractivity contribution >= 4 is 11.4 Å². The van der Waals surface area contributed by atoms with Crippen molar-refractivity contribution in [3.8, 4) is 11.5 Å². The predicted molar refractivity (Wildman–Crippen MR) is 86.5 cm³/mol. The number of rotatable bonds is 1. The van der Waals surface area contributed by atoms with Gasteiger partial charge in [0.05, 0.1) is 30.6 Å². The second kappa shape index (κ2) is 5.53. The zero-order chi connectivity index (χ0) is 16.0. The minimum Gasteiger partial charge on any atom is -0.453 e. The maximum atomic E-state index is 10.5. The van der Waals surface area contributed by atoms with Crippen LogP contribution in [0.5, 0.6) is 11.5 Å². The van der Waals surface area contributed by atoms with Gasteiger partial charge < -0.3 is 24.6 Å². The molecule has 2 heterocycles. The summed E-state index contributed by atoms with van der Waals surface area (Å²) in [6.45, 7) is 2.51. The van der Waals surface area contributed by atoms with E-state index in [9.17, 15) is 10.2 Å². The van der Waals surface area contributed by atoms with Crippen LogP contribution in [0.4, 0.5) is 11.4 Å². The van der Waals surface area contributed by atoms with E-state index in [1.807, 2.05) is 54.3 Å². The van der Waals surface area contributed by atoms with Gasteiger partial charge in [-0.2, -0.15) is 0 Å². The Hall–Kier alpha value is -2.08. The molecule has 2 aliphatic heterocycles. The van der Waals surface area contributed by atoms with Crippen LogP contribution in [-0.2, 0) is 4.74 Å². The summed E-state index contributed by atoms with van der Waals surface area (Å²) in [6, 6.07) is 13.3. The first-order valence-corrected chi connectivity index (χ1v) is 7.76. The summed E-state index contributed by atoms with van der Waals surface area (Å²) in [6.07, 6.45) is -1.78. The number of aryl methyl sites for hydroxylation is 1. The fourth-order valence-corrected chi connectivity index (χ4v) is 3.24. The van der Waals surface area contributed by atoms with Gasteiger partial charge in [0.2, 0.25) is 0 Å². The largest absolute Gasteiger partial charge is 0.453 e. The molecule has 23 heavy (non-hydrogen) atoms. The molecule has 1 saturated heterocycles. The SMILES string of the molecule is Cc1ccc2c(c1)Oc1ccccc1N2[C@H]1COC[C@H](O)[C@@H]1O. The standard InChI is InChI=1S/C18H19NO4/c1-11-6-7-13-17(8-11)23-16-5-3-2-4-12(16)19(13)14-9-22-10-15(20)18(14)21/h2-8,14-15,18,20-21H,9-10H2,1H3/t14-,15-,18+/m0/s1. The van der Waals surface area contributed by atoms with E-state index in [1.165, 1.54) is 0 Å². The van der Waals surface area contributed by atoms with Crippen molar-refractivity contribution < 1.29 is 19.7 Å². The monoisotopic (exact) mass is 313 g/mol. The van der Waals surface area contributed by atoms with E-state index in [4.69, 9.17) is 9.47 Å². The average Bonchev–Trinajstić information content (AvgIpc) is 2.55. The van der Waals surface area contributed by atoms with E-state index in [1.54, 1.807) is 0 Å². The lowest BCUT2D eigenvalue weighted by molar-refractivity contribution is -0.0964. The van der Waals surface area contributed by atoms with Gasteiger partial charge in [-0.25, -0.2) is 0 Å². The number of aliphatic hydroxyl groups is 2. The maximum absolute atomic E-state index is 10.5. The number of aliphatic hydroxyl groups excluding tert-OH is 2. The molecule has 0 spiro atoms. The minimum absolute atomic E-state index is 0.157. The van der Waals surface area contributed by atoms with Crippen LogP contribution < -0.4 is 9.64 Å². The van der Waals surface area contributed by atoms with Gasteiger partial charge in [-0.3, -0.25) is 0 Å². The molecule has 0 bridgehead atoms. The molecule has 4 rings (SSSR count). The number of para-hydroxylation sites is 2. The summed E-state index contributed by atoms with van der Waals surface area (Å²) in [5.41, 5.74) is 2.84. The Balaban J connectivity index is 1.85. The van der Waals surface area contributed by atoms with E-state index in [2.05, 4.69) is 0 Å². The van der Waals surface area contributed by atoms with Crippen LogP contribution in [0, 0.1) is 6.92 Å². The number of ether oxygens (including phenoxy) is 2. The fourth-order valence-electron chi connectivity index (χ4n) is 3.24. The molecule has 0 saturated carbocycles. The van der Waals surface area contributed by atoms with Crippen molar-refractivity contribution in [1.82, 2.24) is 0 Å². The minimum atomic E-state index is -0.891. The fraction of sp³-hybridized carbons (Fsp3) is 0.333. The number of nitrogens with zero attached hydrogens (tertiary/aromatic N) is 1. The van der Waals surface area contributed by atoms with Crippen molar-refractivity contribution in [2.45, 2.75) is 25.2 Å². The summed E-state index contributed by atoms with van der Waals surface area (Å²) >= 11 is 0. The molecule has 0 aliphatic carbocycles. The Labute approximate surface area is 134 Å². The van der Waals surface area contributed by atoms with Gasteiger partial charge >= 0.3 is 0 Å². The molecule has 2 aromatic carbocycles. The quantitative estimate of drug-likeness (QED) is 0.846. The van der Waals surface area contributed by atoms with Gasteiger partial charge in [-0.15, -0.1) is 0 Å². The molecule has 0 unspecified atom stereocenters. The van der Waals surface area contributed by atoms with Gasteiger partial charge in [0.25, 0.3) is 0 Å². The van der Waals surface area contributed by atoms with Crippen LogP contribution in [0.25, 0.3) is 0 Å². The molecule has 0 aromatic heterocycles. The molecular formula is C18H19NO4. The van der Waals surface area contributed by atoms with Crippen LogP contribution in [-0.4, -0.2) is 41.7 Å².